The Hall–Kier alpha value is -3.09. The summed E-state index contributed by atoms with van der Waals surface area (Å²) in [6.45, 7) is -0.221. The second kappa shape index (κ2) is 9.41. The number of carboxylic acids is 1. The summed E-state index contributed by atoms with van der Waals surface area (Å²) < 4.78 is 10.4. The Labute approximate surface area is 152 Å². The molecule has 0 saturated heterocycles. The van der Waals surface area contributed by atoms with Crippen molar-refractivity contribution < 1.29 is 24.2 Å². The molecule has 0 bridgehead atoms. The highest BCUT2D eigenvalue weighted by Crippen LogP contribution is 2.23. The van der Waals surface area contributed by atoms with Gasteiger partial charge in [-0.05, 0) is 36.2 Å². The van der Waals surface area contributed by atoms with Gasteiger partial charge in [-0.1, -0.05) is 6.07 Å². The average Bonchev–Trinajstić information content (AvgIpc) is 2.65. The molecule has 0 aliphatic rings. The number of amides is 1. The molecule has 1 N–H and O–H groups in total. The molecule has 0 fully saturated rings. The molecule has 1 aromatic heterocycles. The Morgan fingerprint density at radius 2 is 1.81 bits per heavy atom. The van der Waals surface area contributed by atoms with E-state index in [9.17, 15) is 9.59 Å². The molecule has 0 aliphatic carbocycles. The van der Waals surface area contributed by atoms with E-state index in [1.165, 1.54) is 19.1 Å². The molecule has 0 atom stereocenters. The first-order valence-corrected chi connectivity index (χ1v) is 8.13. The molecular formula is C19H22N2O5. The maximum absolute atomic E-state index is 12.5. The van der Waals surface area contributed by atoms with Crippen molar-refractivity contribution in [2.24, 2.45) is 0 Å². The van der Waals surface area contributed by atoms with Gasteiger partial charge in [0.25, 0.3) is 0 Å². The van der Waals surface area contributed by atoms with Crippen molar-refractivity contribution in [3.05, 3.63) is 53.9 Å². The zero-order valence-corrected chi connectivity index (χ0v) is 14.8. The van der Waals surface area contributed by atoms with Gasteiger partial charge in [-0.15, -0.1) is 0 Å². The topological polar surface area (TPSA) is 89.0 Å². The summed E-state index contributed by atoms with van der Waals surface area (Å²) in [6, 6.07) is 10.7. The molecule has 1 aromatic carbocycles. The predicted molar refractivity (Wildman–Crippen MR) is 95.2 cm³/mol. The van der Waals surface area contributed by atoms with Gasteiger partial charge in [-0.25, -0.2) is 0 Å². The standard InChI is InChI=1S/C19H22N2O5/c1-25-16-9-14(10-17(11-16)26-2)12-21(13-19(23)24)18(22)7-6-15-5-3-4-8-20-15/h3-5,8-11H,6-7,12-13H2,1-2H3,(H,23,24). The maximum atomic E-state index is 12.5. The fraction of sp³-hybridized carbons (Fsp3) is 0.316. The summed E-state index contributed by atoms with van der Waals surface area (Å²) in [4.78, 5) is 29.2. The summed E-state index contributed by atoms with van der Waals surface area (Å²) in [7, 11) is 3.07. The van der Waals surface area contributed by atoms with Gasteiger partial charge in [0, 0.05) is 30.9 Å². The average molecular weight is 358 g/mol. The van der Waals surface area contributed by atoms with Gasteiger partial charge in [0.15, 0.2) is 0 Å². The molecule has 26 heavy (non-hydrogen) atoms. The first kappa shape index (κ1) is 19.2. The molecule has 138 valence electrons. The number of carboxylic acid groups (broad SMARTS) is 1. The number of hydrogen-bond acceptors (Lipinski definition) is 5. The lowest BCUT2D eigenvalue weighted by Crippen LogP contribution is -2.35. The molecule has 0 aliphatic heterocycles. The summed E-state index contributed by atoms with van der Waals surface area (Å²) >= 11 is 0. The molecule has 1 amide bonds. The van der Waals surface area contributed by atoms with Crippen molar-refractivity contribution in [3.63, 3.8) is 0 Å². The number of aryl methyl sites for hydroxylation is 1. The Morgan fingerprint density at radius 1 is 1.12 bits per heavy atom. The van der Waals surface area contributed by atoms with Crippen LogP contribution in [0.5, 0.6) is 11.5 Å². The lowest BCUT2D eigenvalue weighted by molar-refractivity contribution is -0.144. The minimum atomic E-state index is -1.06. The quantitative estimate of drug-likeness (QED) is 0.739. The SMILES string of the molecule is COc1cc(CN(CC(=O)O)C(=O)CCc2ccccn2)cc(OC)c1. The normalized spacial score (nSPS) is 10.2. The van der Waals surface area contributed by atoms with Crippen LogP contribution in [0, 0.1) is 0 Å². The van der Waals surface area contributed by atoms with Crippen molar-refractivity contribution in [1.82, 2.24) is 9.88 Å². The lowest BCUT2D eigenvalue weighted by atomic mass is 10.1. The largest absolute Gasteiger partial charge is 0.497 e. The van der Waals surface area contributed by atoms with Crippen molar-refractivity contribution >= 4 is 11.9 Å². The number of ether oxygens (including phenoxy) is 2. The third-order valence-corrected chi connectivity index (χ3v) is 3.78. The molecule has 7 heteroatoms. The Bertz CT molecular complexity index is 727. The smallest absolute Gasteiger partial charge is 0.323 e. The number of hydrogen-bond donors (Lipinski definition) is 1. The third kappa shape index (κ3) is 5.77. The van der Waals surface area contributed by atoms with E-state index in [1.807, 2.05) is 12.1 Å². The molecule has 2 aromatic rings. The Balaban J connectivity index is 2.11. The van der Waals surface area contributed by atoms with Gasteiger partial charge in [-0.3, -0.25) is 14.6 Å². The molecule has 0 unspecified atom stereocenters. The highest BCUT2D eigenvalue weighted by atomic mass is 16.5. The maximum Gasteiger partial charge on any atom is 0.323 e. The zero-order valence-electron chi connectivity index (χ0n) is 14.8. The monoisotopic (exact) mass is 358 g/mol. The number of rotatable bonds is 9. The number of aliphatic carboxylic acids is 1. The summed E-state index contributed by atoms with van der Waals surface area (Å²) in [5.41, 5.74) is 1.52. The first-order valence-electron chi connectivity index (χ1n) is 8.13. The van der Waals surface area contributed by atoms with E-state index in [0.29, 0.717) is 17.9 Å². The van der Waals surface area contributed by atoms with Gasteiger partial charge in [0.2, 0.25) is 5.91 Å². The van der Waals surface area contributed by atoms with Gasteiger partial charge in [0.1, 0.15) is 18.0 Å². The van der Waals surface area contributed by atoms with E-state index in [0.717, 1.165) is 11.3 Å². The molecule has 0 saturated carbocycles. The fourth-order valence-electron chi connectivity index (χ4n) is 2.51. The van der Waals surface area contributed by atoms with E-state index in [-0.39, 0.29) is 25.4 Å². The molecule has 2 rings (SSSR count). The molecular weight excluding hydrogens is 336 g/mol. The van der Waals surface area contributed by atoms with Crippen LogP contribution in [-0.2, 0) is 22.6 Å². The number of methoxy groups -OCH3 is 2. The van der Waals surface area contributed by atoms with Gasteiger partial charge in [0.05, 0.1) is 14.2 Å². The molecule has 0 radical (unpaired) electrons. The summed E-state index contributed by atoms with van der Waals surface area (Å²) in [5, 5.41) is 9.14. The minimum absolute atomic E-state index is 0.154. The van der Waals surface area contributed by atoms with Crippen LogP contribution in [0.15, 0.2) is 42.6 Å². The number of carbonyl (C=O) groups excluding carboxylic acids is 1. The summed E-state index contributed by atoms with van der Waals surface area (Å²) in [5.74, 6) is -0.156. The molecule has 7 nitrogen and oxygen atoms in total. The van der Waals surface area contributed by atoms with Crippen LogP contribution in [-0.4, -0.2) is 47.6 Å². The predicted octanol–water partition coefficient (Wildman–Crippen LogP) is 2.14. The number of aromatic nitrogens is 1. The number of benzene rings is 1. The van der Waals surface area contributed by atoms with Crippen LogP contribution in [0.25, 0.3) is 0 Å². The van der Waals surface area contributed by atoms with Crippen LogP contribution in [0.2, 0.25) is 0 Å². The van der Waals surface area contributed by atoms with Crippen LogP contribution >= 0.6 is 0 Å². The van der Waals surface area contributed by atoms with Crippen LogP contribution in [0.4, 0.5) is 0 Å². The van der Waals surface area contributed by atoms with E-state index in [1.54, 1.807) is 30.5 Å². The van der Waals surface area contributed by atoms with Crippen molar-refractivity contribution in [2.75, 3.05) is 20.8 Å². The lowest BCUT2D eigenvalue weighted by Gasteiger charge is -2.21. The molecule has 0 spiro atoms. The summed E-state index contributed by atoms with van der Waals surface area (Å²) in [6.07, 6.45) is 2.31. The van der Waals surface area contributed by atoms with Gasteiger partial charge < -0.3 is 19.5 Å². The van der Waals surface area contributed by atoms with Gasteiger partial charge >= 0.3 is 5.97 Å². The number of carbonyl (C=O) groups is 2. The van der Waals surface area contributed by atoms with Crippen LogP contribution < -0.4 is 9.47 Å². The van der Waals surface area contributed by atoms with Gasteiger partial charge in [-0.2, -0.15) is 0 Å². The number of nitrogens with zero attached hydrogens (tertiary/aromatic N) is 2. The first-order chi connectivity index (χ1) is 12.5. The Morgan fingerprint density at radius 3 is 2.35 bits per heavy atom. The van der Waals surface area contributed by atoms with Crippen molar-refractivity contribution in [3.8, 4) is 11.5 Å². The fourth-order valence-corrected chi connectivity index (χ4v) is 2.51. The van der Waals surface area contributed by atoms with Crippen LogP contribution in [0.1, 0.15) is 17.7 Å². The number of pyridine rings is 1. The van der Waals surface area contributed by atoms with E-state index >= 15 is 0 Å². The van der Waals surface area contributed by atoms with E-state index in [4.69, 9.17) is 14.6 Å². The highest BCUT2D eigenvalue weighted by molar-refractivity contribution is 5.81. The Kier molecular flexibility index (Phi) is 6.96. The highest BCUT2D eigenvalue weighted by Gasteiger charge is 2.18. The second-order valence-corrected chi connectivity index (χ2v) is 5.69. The zero-order chi connectivity index (χ0) is 18.9. The minimum Gasteiger partial charge on any atom is -0.497 e. The second-order valence-electron chi connectivity index (χ2n) is 5.69. The van der Waals surface area contributed by atoms with E-state index in [2.05, 4.69) is 4.98 Å². The third-order valence-electron chi connectivity index (χ3n) is 3.78. The van der Waals surface area contributed by atoms with Crippen molar-refractivity contribution in [1.29, 1.82) is 0 Å². The van der Waals surface area contributed by atoms with Crippen molar-refractivity contribution in [2.45, 2.75) is 19.4 Å². The van der Waals surface area contributed by atoms with Crippen LogP contribution in [0.3, 0.4) is 0 Å². The van der Waals surface area contributed by atoms with E-state index < -0.39 is 5.97 Å². The molecule has 1 heterocycles.